The number of carbonyl (C=O) groups excluding carboxylic acids is 1. The summed E-state index contributed by atoms with van der Waals surface area (Å²) >= 11 is 0. The smallest absolute Gasteiger partial charge is 0.258 e. The normalized spacial score (nSPS) is 12.1. The third-order valence-corrected chi connectivity index (χ3v) is 4.65. The van der Waals surface area contributed by atoms with Gasteiger partial charge >= 0.3 is 6.03 Å². The number of amides is 2. The Bertz CT molecular complexity index is 444. The average Bonchev–Trinajstić information content (AvgIpc) is 2.39. The molecule has 9 nitrogen and oxygen atoms in total. The fourth-order valence-electron chi connectivity index (χ4n) is 1.05. The Kier molecular flexibility index (Phi) is 8.69. The number of urea groups is 1. The van der Waals surface area contributed by atoms with Crippen LogP contribution in [0.5, 0.6) is 0 Å². The van der Waals surface area contributed by atoms with Gasteiger partial charge in [0.2, 0.25) is 20.0 Å². The van der Waals surface area contributed by atoms with Gasteiger partial charge in [-0.2, -0.15) is 0 Å². The van der Waals surface area contributed by atoms with Crippen LogP contribution in [0.2, 0.25) is 0 Å². The van der Waals surface area contributed by atoms with Gasteiger partial charge in [-0.25, -0.2) is 21.6 Å². The van der Waals surface area contributed by atoms with Crippen LogP contribution in [-0.4, -0.2) is 34.4 Å². The van der Waals surface area contributed by atoms with Gasteiger partial charge in [-0.05, 0) is 12.8 Å². The monoisotopic (exact) mass is 330 g/mol. The first-order valence-electron chi connectivity index (χ1n) is 6.27. The highest BCUT2D eigenvalue weighted by Crippen LogP contribution is 1.92. The molecule has 120 valence electrons. The molecule has 0 aliphatic carbocycles. The van der Waals surface area contributed by atoms with Crippen LogP contribution in [0.15, 0.2) is 0 Å². The Labute approximate surface area is 119 Å². The number of hydrogen-bond donors (Lipinski definition) is 4. The zero-order valence-electron chi connectivity index (χ0n) is 11.6. The lowest BCUT2D eigenvalue weighted by Gasteiger charge is -2.10. The molecule has 4 N–H and O–H groups in total. The molecule has 20 heavy (non-hydrogen) atoms. The van der Waals surface area contributed by atoms with Crippen LogP contribution in [-0.2, 0) is 20.0 Å². The van der Waals surface area contributed by atoms with Crippen LogP contribution in [0, 0.1) is 0 Å². The van der Waals surface area contributed by atoms with Gasteiger partial charge in [-0.15, -0.1) is 9.66 Å². The zero-order chi connectivity index (χ0) is 15.6. The van der Waals surface area contributed by atoms with Gasteiger partial charge in [-0.3, -0.25) is 10.9 Å². The van der Waals surface area contributed by atoms with E-state index in [4.69, 9.17) is 0 Å². The fraction of sp³-hybridized carbons (Fsp3) is 0.889. The second-order valence-corrected chi connectivity index (χ2v) is 7.81. The highest BCUT2D eigenvalue weighted by molar-refractivity contribution is 7.89. The molecular weight excluding hydrogens is 308 g/mol. The average molecular weight is 330 g/mol. The van der Waals surface area contributed by atoms with E-state index in [1.807, 2.05) is 34.4 Å². The highest BCUT2D eigenvalue weighted by atomic mass is 32.2. The number of sulfonamides is 2. The topological polar surface area (TPSA) is 133 Å². The number of unbranched alkanes of at least 4 members (excludes halogenated alkanes) is 2. The van der Waals surface area contributed by atoms with Gasteiger partial charge in [0.05, 0.1) is 11.5 Å². The molecule has 0 fully saturated rings. The Morgan fingerprint density at radius 2 is 1.15 bits per heavy atom. The lowest BCUT2D eigenvalue weighted by atomic mass is 10.4. The van der Waals surface area contributed by atoms with Crippen molar-refractivity contribution in [2.24, 2.45) is 0 Å². The Morgan fingerprint density at radius 1 is 0.800 bits per heavy atom. The molecule has 2 amide bonds. The maximum atomic E-state index is 11.3. The highest BCUT2D eigenvalue weighted by Gasteiger charge is 2.13. The molecule has 0 unspecified atom stereocenters. The number of rotatable bonds is 10. The first-order chi connectivity index (χ1) is 9.22. The Hall–Kier alpha value is -0.910. The number of nitrogens with one attached hydrogen (secondary N) is 4. The van der Waals surface area contributed by atoms with Crippen LogP contribution >= 0.6 is 0 Å². The lowest BCUT2D eigenvalue weighted by Crippen LogP contribution is -2.53. The lowest BCUT2D eigenvalue weighted by molar-refractivity contribution is 0.237. The van der Waals surface area contributed by atoms with Crippen molar-refractivity contribution in [3.63, 3.8) is 0 Å². The maximum Gasteiger partial charge on any atom is 0.345 e. The molecule has 0 aliphatic heterocycles. The van der Waals surface area contributed by atoms with E-state index in [-0.39, 0.29) is 11.5 Å². The molecule has 0 saturated heterocycles. The second-order valence-electron chi connectivity index (χ2n) is 4.13. The third-order valence-electron chi connectivity index (χ3n) is 2.17. The molecule has 0 aromatic carbocycles. The van der Waals surface area contributed by atoms with Crippen molar-refractivity contribution in [2.75, 3.05) is 11.5 Å². The fourth-order valence-corrected chi connectivity index (χ4v) is 3.09. The summed E-state index contributed by atoms with van der Waals surface area (Å²) in [5.74, 6) is -0.238. The molecule has 0 radical (unpaired) electrons. The van der Waals surface area contributed by atoms with Gasteiger partial charge in [0.25, 0.3) is 0 Å². The van der Waals surface area contributed by atoms with E-state index in [0.29, 0.717) is 25.7 Å². The van der Waals surface area contributed by atoms with Gasteiger partial charge in [0.15, 0.2) is 0 Å². The van der Waals surface area contributed by atoms with Crippen molar-refractivity contribution in [2.45, 2.75) is 39.5 Å². The SMILES string of the molecule is CCCCS(=O)(=O)NNC(=O)NNS(=O)(=O)CCCC. The summed E-state index contributed by atoms with van der Waals surface area (Å²) in [6.07, 6.45) is 2.32. The Balaban J connectivity index is 4.07. The van der Waals surface area contributed by atoms with Crippen molar-refractivity contribution < 1.29 is 21.6 Å². The maximum absolute atomic E-state index is 11.3. The summed E-state index contributed by atoms with van der Waals surface area (Å²) in [7, 11) is -7.21. The summed E-state index contributed by atoms with van der Waals surface area (Å²) in [6, 6.07) is -1.01. The van der Waals surface area contributed by atoms with E-state index in [0.717, 1.165) is 0 Å². The van der Waals surface area contributed by atoms with Crippen LogP contribution < -0.4 is 20.5 Å². The van der Waals surface area contributed by atoms with E-state index < -0.39 is 26.1 Å². The number of hydrogen-bond acceptors (Lipinski definition) is 5. The predicted octanol–water partition coefficient (Wildman–Crippen LogP) is -0.445. The molecule has 11 heteroatoms. The molecule has 0 aromatic heterocycles. The van der Waals surface area contributed by atoms with E-state index in [1.165, 1.54) is 0 Å². The van der Waals surface area contributed by atoms with Gasteiger partial charge in [0, 0.05) is 0 Å². The van der Waals surface area contributed by atoms with E-state index in [1.54, 1.807) is 0 Å². The summed E-state index contributed by atoms with van der Waals surface area (Å²) in [5, 5.41) is 0. The largest absolute Gasteiger partial charge is 0.345 e. The van der Waals surface area contributed by atoms with Crippen molar-refractivity contribution in [1.29, 1.82) is 0 Å². The number of hydrazine groups is 2. The molecule has 0 spiro atoms. The number of carbonyl (C=O) groups is 1. The van der Waals surface area contributed by atoms with Gasteiger partial charge < -0.3 is 0 Å². The van der Waals surface area contributed by atoms with Crippen molar-refractivity contribution >= 4 is 26.1 Å². The molecular formula is C9H22N4O5S2. The van der Waals surface area contributed by atoms with Crippen molar-refractivity contribution in [3.05, 3.63) is 0 Å². The van der Waals surface area contributed by atoms with Crippen LogP contribution in [0.4, 0.5) is 4.79 Å². The summed E-state index contributed by atoms with van der Waals surface area (Å²) in [6.45, 7) is 3.67. The molecule has 0 saturated carbocycles. The molecule has 0 bridgehead atoms. The van der Waals surface area contributed by atoms with E-state index in [2.05, 4.69) is 0 Å². The predicted molar refractivity (Wildman–Crippen MR) is 75.3 cm³/mol. The Morgan fingerprint density at radius 3 is 1.45 bits per heavy atom. The zero-order valence-corrected chi connectivity index (χ0v) is 13.2. The minimum atomic E-state index is -3.61. The summed E-state index contributed by atoms with van der Waals surface area (Å²) in [4.78, 5) is 14.9. The molecule has 0 aliphatic rings. The molecule has 0 atom stereocenters. The summed E-state index contributed by atoms with van der Waals surface area (Å²) in [5.41, 5.74) is 3.69. The molecule has 0 rings (SSSR count). The minimum absolute atomic E-state index is 0.119. The third kappa shape index (κ3) is 9.95. The standard InChI is InChI=1S/C9H22N4O5S2/c1-3-5-7-19(15,16)12-10-9(14)11-13-20(17,18)8-6-4-2/h12-13H,3-8H2,1-2H3,(H2,10,11,14). The summed E-state index contributed by atoms with van der Waals surface area (Å²) < 4.78 is 45.4. The molecule has 0 aromatic rings. The van der Waals surface area contributed by atoms with Crippen molar-refractivity contribution in [3.8, 4) is 0 Å². The molecule has 0 heterocycles. The van der Waals surface area contributed by atoms with Crippen LogP contribution in [0.25, 0.3) is 0 Å². The second kappa shape index (κ2) is 9.10. The van der Waals surface area contributed by atoms with E-state index in [9.17, 15) is 21.6 Å². The first kappa shape index (κ1) is 19.1. The van der Waals surface area contributed by atoms with Gasteiger partial charge in [-0.1, -0.05) is 26.7 Å². The van der Waals surface area contributed by atoms with Crippen LogP contribution in [0.3, 0.4) is 0 Å². The van der Waals surface area contributed by atoms with Crippen molar-refractivity contribution in [1.82, 2.24) is 20.5 Å². The first-order valence-corrected chi connectivity index (χ1v) is 9.58. The van der Waals surface area contributed by atoms with E-state index >= 15 is 0 Å². The minimum Gasteiger partial charge on any atom is -0.258 e. The van der Waals surface area contributed by atoms with Crippen LogP contribution in [0.1, 0.15) is 39.5 Å². The quantitative estimate of drug-likeness (QED) is 0.403. The van der Waals surface area contributed by atoms with Gasteiger partial charge in [0.1, 0.15) is 0 Å².